The van der Waals surface area contributed by atoms with E-state index in [0.717, 1.165) is 70.6 Å². The normalized spacial score (nSPS) is 19.8. The molecule has 0 radical (unpaired) electrons. The highest BCUT2D eigenvalue weighted by Gasteiger charge is 2.47. The molecular weight excluding hydrogens is 883 g/mol. The lowest BCUT2D eigenvalue weighted by atomic mass is 9.99. The van der Waals surface area contributed by atoms with Crippen molar-refractivity contribution in [3.8, 4) is 0 Å². The number of rotatable bonds is 50. The predicted molar refractivity (Wildman–Crippen MR) is 288 cm³/mol. The van der Waals surface area contributed by atoms with Gasteiger partial charge in [-0.1, -0.05) is 244 Å². The van der Waals surface area contributed by atoms with Crippen LogP contribution in [0.15, 0.2) is 24.3 Å². The Morgan fingerprint density at radius 3 is 1.40 bits per heavy atom. The highest BCUT2D eigenvalue weighted by molar-refractivity contribution is 5.80. The predicted octanol–water partition coefficient (Wildman–Crippen LogP) is 13.3. The van der Waals surface area contributed by atoms with E-state index in [-0.39, 0.29) is 19.4 Å². The van der Waals surface area contributed by atoms with Crippen LogP contribution in [-0.2, 0) is 23.8 Å². The van der Waals surface area contributed by atoms with Gasteiger partial charge < -0.3 is 45.1 Å². The van der Waals surface area contributed by atoms with Crippen molar-refractivity contribution in [3.05, 3.63) is 24.3 Å². The van der Waals surface area contributed by atoms with Gasteiger partial charge in [-0.25, -0.2) is 0 Å². The fourth-order valence-electron chi connectivity index (χ4n) is 9.35. The van der Waals surface area contributed by atoms with Crippen molar-refractivity contribution in [2.75, 3.05) is 13.2 Å². The van der Waals surface area contributed by atoms with Crippen molar-refractivity contribution in [1.29, 1.82) is 0 Å². The molecule has 8 unspecified atom stereocenters. The van der Waals surface area contributed by atoms with Crippen LogP contribution in [0.4, 0.5) is 0 Å². The summed E-state index contributed by atoms with van der Waals surface area (Å²) in [5.74, 6) is -1.19. The molecule has 1 heterocycles. The van der Waals surface area contributed by atoms with Gasteiger partial charge in [0.05, 0.1) is 25.4 Å². The van der Waals surface area contributed by atoms with E-state index in [1.807, 2.05) is 6.08 Å². The van der Waals surface area contributed by atoms with Gasteiger partial charge in [-0.05, 0) is 51.4 Å². The van der Waals surface area contributed by atoms with Crippen LogP contribution >= 0.6 is 0 Å². The quantitative estimate of drug-likeness (QED) is 0.0195. The average molecular weight is 995 g/mol. The molecule has 0 saturated carbocycles. The van der Waals surface area contributed by atoms with Crippen LogP contribution in [-0.4, -0.2) is 99.6 Å². The maximum Gasteiger partial charge on any atom is 0.306 e. The number of unbranched alkanes of at least 4 members (excludes halogenated alkanes) is 34. The lowest BCUT2D eigenvalue weighted by Gasteiger charge is -2.41. The molecule has 1 saturated heterocycles. The van der Waals surface area contributed by atoms with Crippen LogP contribution < -0.4 is 5.32 Å². The number of carbonyl (C=O) groups excluding carboxylic acids is 2. The van der Waals surface area contributed by atoms with Crippen LogP contribution in [0.25, 0.3) is 0 Å². The van der Waals surface area contributed by atoms with E-state index in [0.29, 0.717) is 12.8 Å². The molecule has 0 spiro atoms. The second kappa shape index (κ2) is 48.1. The Morgan fingerprint density at radius 1 is 0.543 bits per heavy atom. The molecular formula is C59H111NO10. The summed E-state index contributed by atoms with van der Waals surface area (Å²) in [7, 11) is 0. The van der Waals surface area contributed by atoms with Gasteiger partial charge in [-0.3, -0.25) is 9.59 Å². The summed E-state index contributed by atoms with van der Waals surface area (Å²) < 4.78 is 17.6. The Kier molecular flexibility index (Phi) is 45.5. The lowest BCUT2D eigenvalue weighted by molar-refractivity contribution is -0.305. The Morgan fingerprint density at radius 2 is 0.943 bits per heavy atom. The van der Waals surface area contributed by atoms with Gasteiger partial charge in [0, 0.05) is 6.42 Å². The summed E-state index contributed by atoms with van der Waals surface area (Å²) in [6.45, 7) is 5.78. The molecule has 1 rings (SSSR count). The van der Waals surface area contributed by atoms with E-state index in [2.05, 4.69) is 38.2 Å². The molecule has 0 aromatic rings. The van der Waals surface area contributed by atoms with Crippen molar-refractivity contribution in [2.45, 2.75) is 327 Å². The topological polar surface area (TPSA) is 175 Å². The van der Waals surface area contributed by atoms with Gasteiger partial charge in [0.25, 0.3) is 0 Å². The third kappa shape index (κ3) is 36.1. The molecule has 412 valence electrons. The number of carbonyl (C=O) groups is 2. The maximum absolute atomic E-state index is 13.4. The number of ether oxygens (including phenoxy) is 3. The number of amides is 1. The van der Waals surface area contributed by atoms with E-state index in [1.165, 1.54) is 161 Å². The third-order valence-electron chi connectivity index (χ3n) is 14.1. The number of nitrogens with one attached hydrogen (secondary N) is 1. The monoisotopic (exact) mass is 994 g/mol. The highest BCUT2D eigenvalue weighted by Crippen LogP contribution is 2.26. The Hall–Kier alpha value is -1.86. The zero-order valence-corrected chi connectivity index (χ0v) is 45.4. The minimum atomic E-state index is -1.61. The molecule has 1 fully saturated rings. The number of hydrogen-bond acceptors (Lipinski definition) is 10. The standard InChI is InChI=1S/C59H111NO10/c1-4-7-10-13-16-19-22-25-28-31-34-37-40-43-46-52(63)58(67)60-50(51(62)45-42-39-36-33-30-27-24-21-18-15-12-9-6-3)49-68-59-57(56(66)55(65)53(48-61)69-59)70-54(64)47-44-41-38-35-32-29-26-23-20-17-14-11-8-5-2/h19,22,42,45,50-53,55-57,59,61-63,65-66H,4-18,20-21,23-41,43-44,46-49H2,1-3H3,(H,60,67)/b22-19-,45-42+. The molecule has 0 aromatic heterocycles. The number of aliphatic hydroxyl groups is 5. The molecule has 6 N–H and O–H groups in total. The molecule has 11 heteroatoms. The number of hydrogen-bond donors (Lipinski definition) is 6. The average Bonchev–Trinajstić information content (AvgIpc) is 3.36. The van der Waals surface area contributed by atoms with E-state index in [9.17, 15) is 35.1 Å². The SMILES string of the molecule is CCCCCC/C=C\CCCCCCCCC(O)C(=O)NC(COC1OC(CO)C(O)C(O)C1OC(=O)CCCCCCCCCCCCCCCC)C(O)/C=C/CCCCCCCCCCCCC. The van der Waals surface area contributed by atoms with Crippen molar-refractivity contribution < 1.29 is 49.3 Å². The molecule has 70 heavy (non-hydrogen) atoms. The molecule has 1 aliphatic rings. The molecule has 0 aliphatic carbocycles. The Balaban J connectivity index is 2.73. The fraction of sp³-hybridized carbons (Fsp3) is 0.898. The molecule has 1 aliphatic heterocycles. The van der Waals surface area contributed by atoms with Crippen LogP contribution in [0.5, 0.6) is 0 Å². The molecule has 0 aromatic carbocycles. The van der Waals surface area contributed by atoms with Crippen LogP contribution in [0, 0.1) is 0 Å². The third-order valence-corrected chi connectivity index (χ3v) is 14.1. The maximum atomic E-state index is 13.4. The van der Waals surface area contributed by atoms with E-state index < -0.39 is 67.4 Å². The van der Waals surface area contributed by atoms with Crippen LogP contribution in [0.2, 0.25) is 0 Å². The number of allylic oxidation sites excluding steroid dienone is 3. The molecule has 11 nitrogen and oxygen atoms in total. The lowest BCUT2D eigenvalue weighted by Crippen LogP contribution is -2.61. The summed E-state index contributed by atoms with van der Waals surface area (Å²) >= 11 is 0. The van der Waals surface area contributed by atoms with Crippen molar-refractivity contribution >= 4 is 11.9 Å². The second-order valence-electron chi connectivity index (χ2n) is 20.7. The van der Waals surface area contributed by atoms with Gasteiger partial charge in [-0.2, -0.15) is 0 Å². The first-order valence-corrected chi connectivity index (χ1v) is 29.6. The first-order chi connectivity index (χ1) is 34.2. The highest BCUT2D eigenvalue weighted by atomic mass is 16.7. The number of esters is 1. The van der Waals surface area contributed by atoms with E-state index in [1.54, 1.807) is 6.08 Å². The smallest absolute Gasteiger partial charge is 0.306 e. The zero-order chi connectivity index (χ0) is 51.1. The summed E-state index contributed by atoms with van der Waals surface area (Å²) in [5, 5.41) is 56.8. The summed E-state index contributed by atoms with van der Waals surface area (Å²) in [6.07, 6.45) is 43.6. The zero-order valence-electron chi connectivity index (χ0n) is 45.4. The Labute approximate surface area is 429 Å². The van der Waals surface area contributed by atoms with Crippen molar-refractivity contribution in [1.82, 2.24) is 5.32 Å². The number of aliphatic hydroxyl groups excluding tert-OH is 5. The van der Waals surface area contributed by atoms with Crippen LogP contribution in [0.3, 0.4) is 0 Å². The Bertz CT molecular complexity index is 1230. The van der Waals surface area contributed by atoms with Crippen molar-refractivity contribution in [2.24, 2.45) is 0 Å². The van der Waals surface area contributed by atoms with Gasteiger partial charge >= 0.3 is 5.97 Å². The van der Waals surface area contributed by atoms with Gasteiger partial charge in [0.2, 0.25) is 5.91 Å². The summed E-state index contributed by atoms with van der Waals surface area (Å²) in [5.41, 5.74) is 0. The van der Waals surface area contributed by atoms with Gasteiger partial charge in [-0.15, -0.1) is 0 Å². The van der Waals surface area contributed by atoms with Gasteiger partial charge in [0.1, 0.15) is 24.4 Å². The van der Waals surface area contributed by atoms with E-state index >= 15 is 0 Å². The minimum Gasteiger partial charge on any atom is -0.454 e. The summed E-state index contributed by atoms with van der Waals surface area (Å²) in [4.78, 5) is 26.5. The van der Waals surface area contributed by atoms with Gasteiger partial charge in [0.15, 0.2) is 12.4 Å². The fourth-order valence-corrected chi connectivity index (χ4v) is 9.35. The summed E-state index contributed by atoms with van der Waals surface area (Å²) in [6, 6.07) is -1.02. The second-order valence-corrected chi connectivity index (χ2v) is 20.7. The van der Waals surface area contributed by atoms with Crippen molar-refractivity contribution in [3.63, 3.8) is 0 Å². The molecule has 8 atom stereocenters. The molecule has 1 amide bonds. The van der Waals surface area contributed by atoms with Crippen LogP contribution in [0.1, 0.15) is 278 Å². The first kappa shape index (κ1) is 66.2. The minimum absolute atomic E-state index is 0.129. The van der Waals surface area contributed by atoms with E-state index in [4.69, 9.17) is 14.2 Å². The first-order valence-electron chi connectivity index (χ1n) is 29.6. The molecule has 0 bridgehead atoms. The largest absolute Gasteiger partial charge is 0.454 e.